The summed E-state index contributed by atoms with van der Waals surface area (Å²) >= 11 is 1.30. The molecule has 1 N–H and O–H groups in total. The third-order valence-electron chi connectivity index (χ3n) is 3.88. The van der Waals surface area contributed by atoms with Crippen LogP contribution >= 0.6 is 11.3 Å². The van der Waals surface area contributed by atoms with Crippen molar-refractivity contribution in [3.05, 3.63) is 70.9 Å². The average Bonchev–Trinajstić information content (AvgIpc) is 3.31. The number of rotatable bonds is 3. The van der Waals surface area contributed by atoms with Gasteiger partial charge in [0.15, 0.2) is 5.65 Å². The van der Waals surface area contributed by atoms with Crippen LogP contribution < -0.4 is 5.32 Å². The molecule has 0 bridgehead atoms. The molecule has 27 heavy (non-hydrogen) atoms. The molecule has 0 saturated carbocycles. The van der Waals surface area contributed by atoms with Gasteiger partial charge in [-0.05, 0) is 24.3 Å². The van der Waals surface area contributed by atoms with Crippen molar-refractivity contribution in [3.8, 4) is 11.3 Å². The van der Waals surface area contributed by atoms with E-state index >= 15 is 0 Å². The number of hydrogen-bond donors (Lipinski definition) is 1. The van der Waals surface area contributed by atoms with Crippen molar-refractivity contribution in [1.29, 1.82) is 0 Å². The number of carbonyl (C=O) groups is 1. The van der Waals surface area contributed by atoms with Crippen LogP contribution in [0.1, 0.15) is 16.1 Å². The van der Waals surface area contributed by atoms with Gasteiger partial charge in [0.1, 0.15) is 5.69 Å². The molecule has 0 radical (unpaired) electrons. The molecule has 3 aromatic heterocycles. The van der Waals surface area contributed by atoms with Crippen LogP contribution in [0.4, 0.5) is 18.9 Å². The van der Waals surface area contributed by atoms with Crippen molar-refractivity contribution < 1.29 is 18.0 Å². The second kappa shape index (κ2) is 6.51. The number of benzene rings is 1. The molecule has 3 heterocycles. The number of carbonyl (C=O) groups excluding carboxylic acids is 1. The number of thiazole rings is 1. The van der Waals surface area contributed by atoms with E-state index in [4.69, 9.17) is 0 Å². The summed E-state index contributed by atoms with van der Waals surface area (Å²) in [6.45, 7) is 0. The Bertz CT molecular complexity index is 1120. The number of fused-ring (bicyclic) bond motifs is 1. The normalized spacial score (nSPS) is 11.7. The summed E-state index contributed by atoms with van der Waals surface area (Å²) in [4.78, 5) is 20.6. The lowest BCUT2D eigenvalue weighted by Gasteiger charge is -2.07. The van der Waals surface area contributed by atoms with Crippen LogP contribution in [0.15, 0.2) is 59.7 Å². The maximum Gasteiger partial charge on any atom is 0.416 e. The Morgan fingerprint density at radius 1 is 1.19 bits per heavy atom. The van der Waals surface area contributed by atoms with Gasteiger partial charge in [-0.1, -0.05) is 12.1 Å². The van der Waals surface area contributed by atoms with Crippen LogP contribution in [0.5, 0.6) is 0 Å². The van der Waals surface area contributed by atoms with Crippen molar-refractivity contribution in [2.24, 2.45) is 0 Å². The van der Waals surface area contributed by atoms with Gasteiger partial charge in [0.2, 0.25) is 0 Å². The van der Waals surface area contributed by atoms with Crippen LogP contribution in [0, 0.1) is 0 Å². The first-order valence-electron chi connectivity index (χ1n) is 7.77. The summed E-state index contributed by atoms with van der Waals surface area (Å²) in [6, 6.07) is 8.34. The van der Waals surface area contributed by atoms with E-state index < -0.39 is 11.7 Å². The zero-order valence-electron chi connectivity index (χ0n) is 13.6. The fraction of sp³-hybridized carbons (Fsp3) is 0.0556. The Balaban J connectivity index is 1.72. The molecule has 0 fully saturated rings. The molecule has 9 heteroatoms. The predicted molar refractivity (Wildman–Crippen MR) is 95.7 cm³/mol. The molecule has 1 aromatic carbocycles. The SMILES string of the molecule is O=C(Nc1cccn2cc(-c3cccc(C(F)(F)F)c3)nc12)c1cscn1. The van der Waals surface area contributed by atoms with E-state index in [9.17, 15) is 18.0 Å². The number of pyridine rings is 1. The number of hydrogen-bond acceptors (Lipinski definition) is 4. The molecular weight excluding hydrogens is 377 g/mol. The van der Waals surface area contributed by atoms with Crippen LogP contribution in [0.3, 0.4) is 0 Å². The lowest BCUT2D eigenvalue weighted by atomic mass is 10.1. The van der Waals surface area contributed by atoms with Crippen molar-refractivity contribution >= 4 is 28.6 Å². The summed E-state index contributed by atoms with van der Waals surface area (Å²) < 4.78 is 40.5. The molecule has 0 aliphatic rings. The van der Waals surface area contributed by atoms with E-state index in [0.29, 0.717) is 22.6 Å². The number of alkyl halides is 3. The van der Waals surface area contributed by atoms with Gasteiger partial charge in [-0.2, -0.15) is 13.2 Å². The van der Waals surface area contributed by atoms with E-state index in [1.807, 2.05) is 0 Å². The van der Waals surface area contributed by atoms with E-state index in [1.165, 1.54) is 17.4 Å². The van der Waals surface area contributed by atoms with Gasteiger partial charge < -0.3 is 9.72 Å². The summed E-state index contributed by atoms with van der Waals surface area (Å²) in [5, 5.41) is 4.35. The van der Waals surface area contributed by atoms with Crippen LogP contribution in [0.2, 0.25) is 0 Å². The molecule has 0 spiro atoms. The van der Waals surface area contributed by atoms with E-state index in [-0.39, 0.29) is 11.6 Å². The quantitative estimate of drug-likeness (QED) is 0.552. The average molecular weight is 388 g/mol. The highest BCUT2D eigenvalue weighted by molar-refractivity contribution is 7.07. The molecule has 0 atom stereocenters. The number of nitrogens with one attached hydrogen (secondary N) is 1. The molecule has 0 aliphatic carbocycles. The molecule has 5 nitrogen and oxygen atoms in total. The lowest BCUT2D eigenvalue weighted by Crippen LogP contribution is -2.12. The number of amides is 1. The predicted octanol–water partition coefficient (Wildman–Crippen LogP) is 4.73. The van der Waals surface area contributed by atoms with Crippen molar-refractivity contribution in [2.45, 2.75) is 6.18 Å². The second-order valence-electron chi connectivity index (χ2n) is 5.69. The van der Waals surface area contributed by atoms with Gasteiger partial charge in [-0.3, -0.25) is 4.79 Å². The highest BCUT2D eigenvalue weighted by atomic mass is 32.1. The first kappa shape index (κ1) is 17.2. The summed E-state index contributed by atoms with van der Waals surface area (Å²) in [5.74, 6) is -0.382. The maximum absolute atomic E-state index is 13.0. The highest BCUT2D eigenvalue weighted by Gasteiger charge is 2.30. The minimum absolute atomic E-state index is 0.284. The first-order valence-corrected chi connectivity index (χ1v) is 8.71. The summed E-state index contributed by atoms with van der Waals surface area (Å²) in [6.07, 6.45) is -1.11. The number of halogens is 3. The Kier molecular flexibility index (Phi) is 4.15. The van der Waals surface area contributed by atoms with Gasteiger partial charge in [0.25, 0.3) is 5.91 Å². The van der Waals surface area contributed by atoms with Crippen molar-refractivity contribution in [3.63, 3.8) is 0 Å². The number of anilines is 1. The third kappa shape index (κ3) is 3.41. The van der Waals surface area contributed by atoms with Gasteiger partial charge in [-0.25, -0.2) is 9.97 Å². The fourth-order valence-corrected chi connectivity index (χ4v) is 3.15. The molecular formula is C18H11F3N4OS. The second-order valence-corrected chi connectivity index (χ2v) is 6.40. The first-order chi connectivity index (χ1) is 12.9. The Labute approximate surface area is 155 Å². The zero-order valence-corrected chi connectivity index (χ0v) is 14.4. The minimum atomic E-state index is -4.43. The zero-order chi connectivity index (χ0) is 19.0. The topological polar surface area (TPSA) is 59.3 Å². The largest absolute Gasteiger partial charge is 0.416 e. The van der Waals surface area contributed by atoms with Gasteiger partial charge in [-0.15, -0.1) is 11.3 Å². The van der Waals surface area contributed by atoms with E-state index in [1.54, 1.807) is 45.9 Å². The number of aromatic nitrogens is 3. The van der Waals surface area contributed by atoms with Crippen LogP contribution in [-0.4, -0.2) is 20.3 Å². The van der Waals surface area contributed by atoms with Crippen LogP contribution in [-0.2, 0) is 6.18 Å². The minimum Gasteiger partial charge on any atom is -0.317 e. The molecule has 136 valence electrons. The lowest BCUT2D eigenvalue weighted by molar-refractivity contribution is -0.137. The van der Waals surface area contributed by atoms with E-state index in [2.05, 4.69) is 15.3 Å². The standard InChI is InChI=1S/C18H11F3N4OS/c19-18(20,21)12-4-1-3-11(7-12)14-8-25-6-2-5-13(16(25)23-14)24-17(26)15-9-27-10-22-15/h1-10H,(H,24,26). The Morgan fingerprint density at radius 3 is 2.78 bits per heavy atom. The summed E-state index contributed by atoms with van der Waals surface area (Å²) in [7, 11) is 0. The maximum atomic E-state index is 13.0. The number of imidazole rings is 1. The molecule has 1 amide bonds. The molecule has 0 unspecified atom stereocenters. The van der Waals surface area contributed by atoms with Gasteiger partial charge in [0.05, 0.1) is 22.5 Å². The van der Waals surface area contributed by atoms with E-state index in [0.717, 1.165) is 12.1 Å². The van der Waals surface area contributed by atoms with Crippen molar-refractivity contribution in [1.82, 2.24) is 14.4 Å². The molecule has 4 rings (SSSR count). The monoisotopic (exact) mass is 388 g/mol. The van der Waals surface area contributed by atoms with Gasteiger partial charge in [0, 0.05) is 23.3 Å². The molecule has 0 saturated heterocycles. The fourth-order valence-electron chi connectivity index (χ4n) is 2.62. The van der Waals surface area contributed by atoms with Crippen LogP contribution in [0.25, 0.3) is 16.9 Å². The number of nitrogens with zero attached hydrogens (tertiary/aromatic N) is 3. The Hall–Kier alpha value is -3.20. The summed E-state index contributed by atoms with van der Waals surface area (Å²) in [5.41, 5.74) is 2.67. The molecule has 0 aliphatic heterocycles. The highest BCUT2D eigenvalue weighted by Crippen LogP contribution is 2.32. The molecule has 4 aromatic rings. The smallest absolute Gasteiger partial charge is 0.317 e. The van der Waals surface area contributed by atoms with Gasteiger partial charge >= 0.3 is 6.18 Å². The van der Waals surface area contributed by atoms with Crippen molar-refractivity contribution in [2.75, 3.05) is 5.32 Å². The Morgan fingerprint density at radius 2 is 2.04 bits per heavy atom. The third-order valence-corrected chi connectivity index (χ3v) is 4.47.